The number of aromatic amines is 1. The molecule has 1 aromatic heterocycles. The first-order chi connectivity index (χ1) is 9.76. The predicted molar refractivity (Wildman–Crippen MR) is 75.6 cm³/mol. The van der Waals surface area contributed by atoms with E-state index in [0.29, 0.717) is 18.1 Å². The van der Waals surface area contributed by atoms with Crippen LogP contribution in [-0.2, 0) is 6.61 Å². The molecule has 3 aromatic rings. The van der Waals surface area contributed by atoms with Gasteiger partial charge in [-0.2, -0.15) is 0 Å². The molecular formula is C16H14FNO2. The van der Waals surface area contributed by atoms with Gasteiger partial charge in [-0.25, -0.2) is 4.39 Å². The molecule has 20 heavy (non-hydrogen) atoms. The molecule has 0 unspecified atom stereocenters. The number of rotatable bonds is 4. The van der Waals surface area contributed by atoms with Crippen molar-refractivity contribution >= 4 is 10.9 Å². The van der Waals surface area contributed by atoms with E-state index in [1.165, 1.54) is 12.1 Å². The molecule has 0 atom stereocenters. The number of benzene rings is 2. The van der Waals surface area contributed by atoms with E-state index >= 15 is 0 Å². The summed E-state index contributed by atoms with van der Waals surface area (Å²) in [7, 11) is 1.61. The third-order valence-electron chi connectivity index (χ3n) is 3.09. The lowest BCUT2D eigenvalue weighted by Crippen LogP contribution is -1.97. The van der Waals surface area contributed by atoms with Crippen LogP contribution in [0, 0.1) is 5.82 Å². The second-order valence-electron chi connectivity index (χ2n) is 4.47. The number of nitrogens with one attached hydrogen (secondary N) is 1. The first-order valence-corrected chi connectivity index (χ1v) is 6.29. The van der Waals surface area contributed by atoms with Crippen molar-refractivity contribution in [1.29, 1.82) is 0 Å². The lowest BCUT2D eigenvalue weighted by Gasteiger charge is -2.09. The monoisotopic (exact) mass is 271 g/mol. The van der Waals surface area contributed by atoms with E-state index in [-0.39, 0.29) is 5.82 Å². The molecule has 0 radical (unpaired) electrons. The Bertz CT molecular complexity index is 736. The van der Waals surface area contributed by atoms with Gasteiger partial charge < -0.3 is 14.5 Å². The highest BCUT2D eigenvalue weighted by Crippen LogP contribution is 2.27. The summed E-state index contributed by atoms with van der Waals surface area (Å²) < 4.78 is 24.1. The van der Waals surface area contributed by atoms with Gasteiger partial charge in [-0.3, -0.25) is 0 Å². The van der Waals surface area contributed by atoms with Crippen molar-refractivity contribution in [2.75, 3.05) is 7.11 Å². The fourth-order valence-electron chi connectivity index (χ4n) is 2.13. The van der Waals surface area contributed by atoms with Crippen LogP contribution < -0.4 is 9.47 Å². The molecule has 102 valence electrons. The number of hydrogen-bond acceptors (Lipinski definition) is 2. The van der Waals surface area contributed by atoms with Crippen molar-refractivity contribution in [2.24, 2.45) is 0 Å². The van der Waals surface area contributed by atoms with Crippen LogP contribution in [0.25, 0.3) is 10.9 Å². The summed E-state index contributed by atoms with van der Waals surface area (Å²) in [6.07, 6.45) is 0. The van der Waals surface area contributed by atoms with Crippen molar-refractivity contribution < 1.29 is 13.9 Å². The normalized spacial score (nSPS) is 10.7. The third-order valence-corrected chi connectivity index (χ3v) is 3.09. The van der Waals surface area contributed by atoms with Crippen LogP contribution in [0.5, 0.6) is 11.5 Å². The van der Waals surface area contributed by atoms with Gasteiger partial charge >= 0.3 is 0 Å². The first-order valence-electron chi connectivity index (χ1n) is 6.29. The molecule has 1 N–H and O–H groups in total. The molecule has 0 spiro atoms. The average molecular weight is 271 g/mol. The van der Waals surface area contributed by atoms with Crippen molar-refractivity contribution in [3.8, 4) is 11.5 Å². The Morgan fingerprint density at radius 2 is 1.85 bits per heavy atom. The highest BCUT2D eigenvalue weighted by Gasteiger charge is 2.05. The molecule has 0 aliphatic carbocycles. The van der Waals surface area contributed by atoms with Crippen LogP contribution in [0.3, 0.4) is 0 Å². The molecule has 3 rings (SSSR count). The fraction of sp³-hybridized carbons (Fsp3) is 0.125. The van der Waals surface area contributed by atoms with E-state index in [2.05, 4.69) is 4.98 Å². The SMILES string of the molecule is COc1ccccc1OCc1cc2ccc(F)cc2[nH]1. The predicted octanol–water partition coefficient (Wildman–Crippen LogP) is 3.89. The topological polar surface area (TPSA) is 34.2 Å². The van der Waals surface area contributed by atoms with Crippen molar-refractivity contribution in [3.63, 3.8) is 0 Å². The smallest absolute Gasteiger partial charge is 0.161 e. The van der Waals surface area contributed by atoms with Crippen LogP contribution in [0.1, 0.15) is 5.69 Å². The van der Waals surface area contributed by atoms with E-state index in [9.17, 15) is 4.39 Å². The zero-order valence-corrected chi connectivity index (χ0v) is 11.0. The van der Waals surface area contributed by atoms with Crippen molar-refractivity contribution in [3.05, 3.63) is 60.0 Å². The summed E-state index contributed by atoms with van der Waals surface area (Å²) in [6, 6.07) is 14.1. The Morgan fingerprint density at radius 1 is 1.05 bits per heavy atom. The highest BCUT2D eigenvalue weighted by molar-refractivity contribution is 5.80. The van der Waals surface area contributed by atoms with Gasteiger partial charge in [0.1, 0.15) is 12.4 Å². The molecule has 0 bridgehead atoms. The number of H-pyrrole nitrogens is 1. The van der Waals surface area contributed by atoms with Crippen molar-refractivity contribution in [2.45, 2.75) is 6.61 Å². The minimum Gasteiger partial charge on any atom is -0.493 e. The molecular weight excluding hydrogens is 257 g/mol. The average Bonchev–Trinajstić information content (AvgIpc) is 2.87. The molecule has 2 aromatic carbocycles. The van der Waals surface area contributed by atoms with E-state index in [1.807, 2.05) is 30.3 Å². The first kappa shape index (κ1) is 12.5. The number of hydrogen-bond donors (Lipinski definition) is 1. The molecule has 4 heteroatoms. The van der Waals surface area contributed by atoms with Gasteiger partial charge in [0, 0.05) is 5.52 Å². The Hall–Kier alpha value is -2.49. The highest BCUT2D eigenvalue weighted by atomic mass is 19.1. The maximum atomic E-state index is 13.1. The lowest BCUT2D eigenvalue weighted by molar-refractivity contribution is 0.281. The number of para-hydroxylation sites is 2. The van der Waals surface area contributed by atoms with E-state index in [4.69, 9.17) is 9.47 Å². The maximum absolute atomic E-state index is 13.1. The second-order valence-corrected chi connectivity index (χ2v) is 4.47. The Morgan fingerprint density at radius 3 is 2.65 bits per heavy atom. The quantitative estimate of drug-likeness (QED) is 0.781. The fourth-order valence-corrected chi connectivity index (χ4v) is 2.13. The summed E-state index contributed by atoms with van der Waals surface area (Å²) >= 11 is 0. The number of fused-ring (bicyclic) bond motifs is 1. The second kappa shape index (κ2) is 5.25. The minimum absolute atomic E-state index is 0.253. The van der Waals surface area contributed by atoms with E-state index in [1.54, 1.807) is 13.2 Å². The zero-order valence-electron chi connectivity index (χ0n) is 11.0. The number of aromatic nitrogens is 1. The molecule has 0 amide bonds. The van der Waals surface area contributed by atoms with Crippen LogP contribution in [0.15, 0.2) is 48.5 Å². The standard InChI is InChI=1S/C16H14FNO2/c1-19-15-4-2-3-5-16(15)20-10-13-8-11-6-7-12(17)9-14(11)18-13/h2-9,18H,10H2,1H3. The number of methoxy groups -OCH3 is 1. The summed E-state index contributed by atoms with van der Waals surface area (Å²) in [6.45, 7) is 0.372. The zero-order chi connectivity index (χ0) is 13.9. The maximum Gasteiger partial charge on any atom is 0.161 e. The van der Waals surface area contributed by atoms with Crippen LogP contribution >= 0.6 is 0 Å². The van der Waals surface area contributed by atoms with E-state index in [0.717, 1.165) is 16.6 Å². The number of halogens is 1. The molecule has 0 aliphatic rings. The van der Waals surface area contributed by atoms with Gasteiger partial charge in [0.15, 0.2) is 11.5 Å². The Labute approximate surface area is 116 Å². The molecule has 1 heterocycles. The minimum atomic E-state index is -0.253. The molecule has 0 saturated carbocycles. The Kier molecular flexibility index (Phi) is 3.29. The van der Waals surface area contributed by atoms with Gasteiger partial charge in [0.05, 0.1) is 12.8 Å². The van der Waals surface area contributed by atoms with Gasteiger partial charge in [0.2, 0.25) is 0 Å². The molecule has 0 aliphatic heterocycles. The largest absolute Gasteiger partial charge is 0.493 e. The summed E-state index contributed by atoms with van der Waals surface area (Å²) in [5, 5.41) is 0.963. The van der Waals surface area contributed by atoms with Crippen LogP contribution in [-0.4, -0.2) is 12.1 Å². The van der Waals surface area contributed by atoms with Gasteiger partial charge in [0.25, 0.3) is 0 Å². The van der Waals surface area contributed by atoms with E-state index < -0.39 is 0 Å². The van der Waals surface area contributed by atoms with Crippen LogP contribution in [0.2, 0.25) is 0 Å². The molecule has 0 fully saturated rings. The summed E-state index contributed by atoms with van der Waals surface area (Å²) in [5.74, 6) is 1.12. The summed E-state index contributed by atoms with van der Waals surface area (Å²) in [4.78, 5) is 3.14. The van der Waals surface area contributed by atoms with Crippen LogP contribution in [0.4, 0.5) is 4.39 Å². The van der Waals surface area contributed by atoms with Gasteiger partial charge in [-0.1, -0.05) is 12.1 Å². The van der Waals surface area contributed by atoms with Crippen molar-refractivity contribution in [1.82, 2.24) is 4.98 Å². The lowest BCUT2D eigenvalue weighted by atomic mass is 10.2. The molecule has 0 saturated heterocycles. The number of ether oxygens (including phenoxy) is 2. The third kappa shape index (κ3) is 2.45. The Balaban J connectivity index is 1.79. The summed E-state index contributed by atoms with van der Waals surface area (Å²) in [5.41, 5.74) is 1.65. The van der Waals surface area contributed by atoms with Gasteiger partial charge in [-0.15, -0.1) is 0 Å². The molecule has 3 nitrogen and oxygen atoms in total. The van der Waals surface area contributed by atoms with Gasteiger partial charge in [-0.05, 0) is 41.8 Å².